The van der Waals surface area contributed by atoms with Crippen LogP contribution < -0.4 is 4.74 Å². The molecule has 0 amide bonds. The van der Waals surface area contributed by atoms with Gasteiger partial charge >= 0.3 is 0 Å². The molecule has 5 heteroatoms. The summed E-state index contributed by atoms with van der Waals surface area (Å²) >= 11 is 0. The molecule has 0 aliphatic carbocycles. The lowest BCUT2D eigenvalue weighted by atomic mass is 10.0. The lowest BCUT2D eigenvalue weighted by Crippen LogP contribution is -1.99. The van der Waals surface area contributed by atoms with Crippen LogP contribution in [0.3, 0.4) is 0 Å². The average Bonchev–Trinajstić information content (AvgIpc) is 2.57. The zero-order valence-electron chi connectivity index (χ0n) is 8.50. The Kier molecular flexibility index (Phi) is 2.43. The number of ether oxygens (including phenoxy) is 1. The maximum Gasteiger partial charge on any atom is 0.261 e. The summed E-state index contributed by atoms with van der Waals surface area (Å²) < 4.78 is 28.1. The van der Waals surface area contributed by atoms with Crippen LogP contribution in [0.15, 0.2) is 11.0 Å². The molecule has 3 nitrogen and oxygen atoms in total. The predicted octanol–water partition coefficient (Wildman–Crippen LogP) is 2.17. The van der Waals surface area contributed by atoms with E-state index < -0.39 is 9.05 Å². The van der Waals surface area contributed by atoms with Crippen molar-refractivity contribution in [2.45, 2.75) is 25.2 Å². The van der Waals surface area contributed by atoms with Gasteiger partial charge in [0.05, 0.1) is 11.5 Å². The second-order valence-corrected chi connectivity index (χ2v) is 6.18. The van der Waals surface area contributed by atoms with Crippen molar-refractivity contribution in [3.63, 3.8) is 0 Å². The van der Waals surface area contributed by atoms with Crippen molar-refractivity contribution in [3.8, 4) is 5.75 Å². The minimum Gasteiger partial charge on any atom is -0.493 e. The maximum absolute atomic E-state index is 11.3. The van der Waals surface area contributed by atoms with E-state index in [1.807, 2.05) is 6.92 Å². The second-order valence-electron chi connectivity index (χ2n) is 3.65. The number of halogens is 1. The standard InChI is InChI=1S/C10H11ClO3S/c1-6-7(2)10-8(3-4-14-10)5-9(6)15(11,12)13/h5H,3-4H2,1-2H3. The highest BCUT2D eigenvalue weighted by molar-refractivity contribution is 8.13. The molecule has 0 aromatic heterocycles. The summed E-state index contributed by atoms with van der Waals surface area (Å²) in [4.78, 5) is 0.200. The summed E-state index contributed by atoms with van der Waals surface area (Å²) in [6.07, 6.45) is 0.746. The van der Waals surface area contributed by atoms with E-state index >= 15 is 0 Å². The van der Waals surface area contributed by atoms with Gasteiger partial charge in [-0.1, -0.05) is 0 Å². The molecule has 82 valence electrons. The number of hydrogen-bond donors (Lipinski definition) is 0. The Morgan fingerprint density at radius 3 is 2.60 bits per heavy atom. The molecule has 0 unspecified atom stereocenters. The molecule has 0 saturated carbocycles. The first-order valence-corrected chi connectivity index (χ1v) is 6.92. The lowest BCUT2D eigenvalue weighted by molar-refractivity contribution is 0.354. The van der Waals surface area contributed by atoms with Gasteiger partial charge in [0.1, 0.15) is 5.75 Å². The molecular weight excluding hydrogens is 236 g/mol. The minimum absolute atomic E-state index is 0.200. The highest BCUT2D eigenvalue weighted by Gasteiger charge is 2.23. The van der Waals surface area contributed by atoms with Crippen molar-refractivity contribution >= 4 is 19.7 Å². The average molecular weight is 247 g/mol. The maximum atomic E-state index is 11.3. The fourth-order valence-electron chi connectivity index (χ4n) is 1.83. The first-order valence-electron chi connectivity index (χ1n) is 4.62. The highest BCUT2D eigenvalue weighted by Crippen LogP contribution is 2.36. The fraction of sp³-hybridized carbons (Fsp3) is 0.400. The number of benzene rings is 1. The summed E-state index contributed by atoms with van der Waals surface area (Å²) in [6, 6.07) is 1.62. The summed E-state index contributed by atoms with van der Waals surface area (Å²) in [6.45, 7) is 4.21. The molecule has 1 aromatic carbocycles. The van der Waals surface area contributed by atoms with Gasteiger partial charge in [-0.3, -0.25) is 0 Å². The zero-order chi connectivity index (χ0) is 11.2. The third-order valence-electron chi connectivity index (χ3n) is 2.75. The smallest absolute Gasteiger partial charge is 0.261 e. The first kappa shape index (κ1) is 10.8. The fourth-order valence-corrected chi connectivity index (χ4v) is 3.11. The second kappa shape index (κ2) is 3.39. The summed E-state index contributed by atoms with van der Waals surface area (Å²) in [5.41, 5.74) is 2.47. The van der Waals surface area contributed by atoms with Crippen LogP contribution in [-0.4, -0.2) is 15.0 Å². The van der Waals surface area contributed by atoms with Crippen LogP contribution in [0.4, 0.5) is 0 Å². The molecule has 0 N–H and O–H groups in total. The van der Waals surface area contributed by atoms with Gasteiger partial charge < -0.3 is 4.74 Å². The SMILES string of the molecule is Cc1c(S(=O)(=O)Cl)cc2c(c1C)OCC2. The van der Waals surface area contributed by atoms with Crippen LogP contribution in [0.1, 0.15) is 16.7 Å². The zero-order valence-corrected chi connectivity index (χ0v) is 10.1. The Morgan fingerprint density at radius 1 is 1.33 bits per heavy atom. The van der Waals surface area contributed by atoms with Crippen LogP contribution in [-0.2, 0) is 15.5 Å². The van der Waals surface area contributed by atoms with Gasteiger partial charge in [-0.2, -0.15) is 0 Å². The van der Waals surface area contributed by atoms with Crippen molar-refractivity contribution < 1.29 is 13.2 Å². The normalized spacial score (nSPS) is 14.9. The molecule has 0 saturated heterocycles. The largest absolute Gasteiger partial charge is 0.493 e. The number of hydrogen-bond acceptors (Lipinski definition) is 3. The quantitative estimate of drug-likeness (QED) is 0.714. The molecule has 1 aromatic rings. The number of rotatable bonds is 1. The van der Waals surface area contributed by atoms with Gasteiger partial charge in [0.2, 0.25) is 0 Å². The molecule has 0 atom stereocenters. The molecule has 1 aliphatic rings. The van der Waals surface area contributed by atoms with E-state index in [1.54, 1.807) is 13.0 Å². The van der Waals surface area contributed by atoms with Crippen molar-refractivity contribution in [3.05, 3.63) is 22.8 Å². The van der Waals surface area contributed by atoms with Crippen LogP contribution >= 0.6 is 10.7 Å². The van der Waals surface area contributed by atoms with E-state index in [0.717, 1.165) is 23.3 Å². The van der Waals surface area contributed by atoms with Crippen molar-refractivity contribution in [1.82, 2.24) is 0 Å². The van der Waals surface area contributed by atoms with E-state index in [1.165, 1.54) is 0 Å². The lowest BCUT2D eigenvalue weighted by Gasteiger charge is -2.10. The van der Waals surface area contributed by atoms with E-state index in [9.17, 15) is 8.42 Å². The van der Waals surface area contributed by atoms with Crippen molar-refractivity contribution in [1.29, 1.82) is 0 Å². The molecule has 0 radical (unpaired) electrons. The third-order valence-corrected chi connectivity index (χ3v) is 4.20. The Labute approximate surface area is 93.4 Å². The summed E-state index contributed by atoms with van der Waals surface area (Å²) in [5, 5.41) is 0. The van der Waals surface area contributed by atoms with Gasteiger partial charge in [0.15, 0.2) is 0 Å². The Hall–Kier alpha value is -0.740. The topological polar surface area (TPSA) is 43.4 Å². The van der Waals surface area contributed by atoms with Crippen molar-refractivity contribution in [2.75, 3.05) is 6.61 Å². The van der Waals surface area contributed by atoms with Gasteiger partial charge in [0, 0.05) is 17.1 Å². The monoisotopic (exact) mass is 246 g/mol. The summed E-state index contributed by atoms with van der Waals surface area (Å²) in [5.74, 6) is 0.816. The van der Waals surface area contributed by atoms with Crippen LogP contribution in [0, 0.1) is 13.8 Å². The van der Waals surface area contributed by atoms with Gasteiger partial charge in [-0.15, -0.1) is 0 Å². The van der Waals surface area contributed by atoms with E-state index in [0.29, 0.717) is 12.2 Å². The van der Waals surface area contributed by atoms with Gasteiger partial charge in [0.25, 0.3) is 9.05 Å². The van der Waals surface area contributed by atoms with E-state index in [2.05, 4.69) is 0 Å². The van der Waals surface area contributed by atoms with E-state index in [4.69, 9.17) is 15.4 Å². The molecular formula is C10H11ClO3S. The van der Waals surface area contributed by atoms with E-state index in [-0.39, 0.29) is 4.90 Å². The number of fused-ring (bicyclic) bond motifs is 1. The molecule has 0 bridgehead atoms. The van der Waals surface area contributed by atoms with Crippen LogP contribution in [0.5, 0.6) is 5.75 Å². The summed E-state index contributed by atoms with van der Waals surface area (Å²) in [7, 11) is 1.71. The molecule has 1 aliphatic heterocycles. The van der Waals surface area contributed by atoms with Crippen molar-refractivity contribution in [2.24, 2.45) is 0 Å². The van der Waals surface area contributed by atoms with Gasteiger partial charge in [-0.05, 0) is 36.6 Å². The molecule has 0 fully saturated rings. The minimum atomic E-state index is -3.66. The van der Waals surface area contributed by atoms with Crippen LogP contribution in [0.2, 0.25) is 0 Å². The Morgan fingerprint density at radius 2 is 2.00 bits per heavy atom. The molecule has 0 spiro atoms. The Balaban J connectivity index is 2.75. The predicted molar refractivity (Wildman–Crippen MR) is 58.2 cm³/mol. The molecule has 2 rings (SSSR count). The molecule has 15 heavy (non-hydrogen) atoms. The third kappa shape index (κ3) is 1.72. The van der Waals surface area contributed by atoms with Crippen LogP contribution in [0.25, 0.3) is 0 Å². The first-order chi connectivity index (χ1) is 6.91. The highest BCUT2D eigenvalue weighted by atomic mass is 35.7. The van der Waals surface area contributed by atoms with Gasteiger partial charge in [-0.25, -0.2) is 8.42 Å². The Bertz CT molecular complexity index is 520. The molecule has 1 heterocycles.